The molecular formula is C20H19FN4O2. The average molecular weight is 366 g/mol. The SMILES string of the molecule is CCOCc1nc(CC2NC(=O)c3ccccc32)n(-c2ccccc2F)n1. The van der Waals surface area contributed by atoms with E-state index in [2.05, 4.69) is 15.4 Å². The Morgan fingerprint density at radius 3 is 2.78 bits per heavy atom. The van der Waals surface area contributed by atoms with Crippen molar-refractivity contribution in [2.45, 2.75) is 26.0 Å². The number of amides is 1. The predicted molar refractivity (Wildman–Crippen MR) is 97.0 cm³/mol. The summed E-state index contributed by atoms with van der Waals surface area (Å²) in [6.45, 7) is 2.67. The van der Waals surface area contributed by atoms with Crippen molar-refractivity contribution >= 4 is 5.91 Å². The number of aromatic nitrogens is 3. The predicted octanol–water partition coefficient (Wildman–Crippen LogP) is 2.97. The average Bonchev–Trinajstić information content (AvgIpc) is 3.22. The fourth-order valence-corrected chi connectivity index (χ4v) is 3.26. The summed E-state index contributed by atoms with van der Waals surface area (Å²) in [7, 11) is 0. The smallest absolute Gasteiger partial charge is 0.252 e. The number of hydrogen-bond donors (Lipinski definition) is 1. The Hall–Kier alpha value is -3.06. The monoisotopic (exact) mass is 366 g/mol. The Bertz CT molecular complexity index is 986. The lowest BCUT2D eigenvalue weighted by Gasteiger charge is -2.12. The fourth-order valence-electron chi connectivity index (χ4n) is 3.26. The van der Waals surface area contributed by atoms with Gasteiger partial charge in [0.05, 0.1) is 6.04 Å². The van der Waals surface area contributed by atoms with Crippen LogP contribution in [0.15, 0.2) is 48.5 Å². The molecule has 2 heterocycles. The van der Waals surface area contributed by atoms with E-state index in [-0.39, 0.29) is 24.4 Å². The Morgan fingerprint density at radius 2 is 1.96 bits per heavy atom. The number of carbonyl (C=O) groups excluding carboxylic acids is 1. The second kappa shape index (κ2) is 7.28. The van der Waals surface area contributed by atoms with E-state index in [1.54, 1.807) is 24.3 Å². The third kappa shape index (κ3) is 3.33. The van der Waals surface area contributed by atoms with Gasteiger partial charge in [0, 0.05) is 18.6 Å². The number of rotatable bonds is 6. The number of para-hydroxylation sites is 1. The van der Waals surface area contributed by atoms with Crippen molar-refractivity contribution in [3.05, 3.63) is 77.1 Å². The van der Waals surface area contributed by atoms with Crippen LogP contribution in [-0.2, 0) is 17.8 Å². The molecule has 1 amide bonds. The highest BCUT2D eigenvalue weighted by Gasteiger charge is 2.30. The van der Waals surface area contributed by atoms with E-state index in [0.717, 1.165) is 5.56 Å². The first-order valence-electron chi connectivity index (χ1n) is 8.84. The lowest BCUT2D eigenvalue weighted by Crippen LogP contribution is -2.22. The molecule has 0 bridgehead atoms. The van der Waals surface area contributed by atoms with E-state index in [0.29, 0.717) is 35.9 Å². The standard InChI is InChI=1S/C20H19FN4O2/c1-2-27-12-18-23-19(25(24-18)17-10-6-5-9-15(17)21)11-16-13-7-3-4-8-14(13)20(26)22-16/h3-10,16H,2,11-12H2,1H3,(H,22,26). The van der Waals surface area contributed by atoms with Gasteiger partial charge in [0.15, 0.2) is 5.82 Å². The van der Waals surface area contributed by atoms with Crippen molar-refractivity contribution in [1.82, 2.24) is 20.1 Å². The largest absolute Gasteiger partial charge is 0.374 e. The van der Waals surface area contributed by atoms with Crippen LogP contribution in [0.2, 0.25) is 0 Å². The molecule has 1 aliphatic heterocycles. The second-order valence-corrected chi connectivity index (χ2v) is 6.26. The number of benzene rings is 2. The lowest BCUT2D eigenvalue weighted by molar-refractivity contribution is 0.0956. The summed E-state index contributed by atoms with van der Waals surface area (Å²) in [5, 5.41) is 7.39. The van der Waals surface area contributed by atoms with Gasteiger partial charge in [-0.2, -0.15) is 0 Å². The molecule has 2 aromatic carbocycles. The Balaban J connectivity index is 1.71. The Labute approximate surface area is 156 Å². The maximum atomic E-state index is 14.3. The van der Waals surface area contributed by atoms with E-state index in [9.17, 15) is 9.18 Å². The van der Waals surface area contributed by atoms with Crippen molar-refractivity contribution in [2.24, 2.45) is 0 Å². The van der Waals surface area contributed by atoms with Crippen LogP contribution in [0.4, 0.5) is 4.39 Å². The van der Waals surface area contributed by atoms with Gasteiger partial charge in [-0.1, -0.05) is 30.3 Å². The molecule has 0 aliphatic carbocycles. The highest BCUT2D eigenvalue weighted by Crippen LogP contribution is 2.28. The first-order chi connectivity index (χ1) is 13.2. The van der Waals surface area contributed by atoms with E-state index in [1.165, 1.54) is 10.7 Å². The molecule has 27 heavy (non-hydrogen) atoms. The van der Waals surface area contributed by atoms with Gasteiger partial charge in [-0.25, -0.2) is 14.1 Å². The minimum absolute atomic E-state index is 0.109. The van der Waals surface area contributed by atoms with Crippen LogP contribution >= 0.6 is 0 Å². The number of hydrogen-bond acceptors (Lipinski definition) is 4. The van der Waals surface area contributed by atoms with Crippen LogP contribution in [0.25, 0.3) is 5.69 Å². The molecule has 7 heteroatoms. The minimum atomic E-state index is -0.387. The number of nitrogens with zero attached hydrogens (tertiary/aromatic N) is 3. The van der Waals surface area contributed by atoms with Gasteiger partial charge < -0.3 is 10.1 Å². The molecule has 0 fully saturated rings. The molecular weight excluding hydrogens is 347 g/mol. The van der Waals surface area contributed by atoms with E-state index >= 15 is 0 Å². The van der Waals surface area contributed by atoms with Crippen LogP contribution in [0, 0.1) is 5.82 Å². The summed E-state index contributed by atoms with van der Waals surface area (Å²) >= 11 is 0. The van der Waals surface area contributed by atoms with Gasteiger partial charge in [0.2, 0.25) is 0 Å². The molecule has 1 unspecified atom stereocenters. The Morgan fingerprint density at radius 1 is 1.19 bits per heavy atom. The molecule has 0 saturated carbocycles. The summed E-state index contributed by atoms with van der Waals surface area (Å²) in [4.78, 5) is 16.7. The summed E-state index contributed by atoms with van der Waals surface area (Å²) in [6, 6.07) is 13.6. The molecule has 1 N–H and O–H groups in total. The third-order valence-electron chi connectivity index (χ3n) is 4.51. The van der Waals surface area contributed by atoms with Gasteiger partial charge in [0.1, 0.15) is 23.9 Å². The van der Waals surface area contributed by atoms with Crippen molar-refractivity contribution in [1.29, 1.82) is 0 Å². The summed E-state index contributed by atoms with van der Waals surface area (Å²) in [5.74, 6) is 0.550. The van der Waals surface area contributed by atoms with Gasteiger partial charge in [-0.15, -0.1) is 5.10 Å². The number of nitrogens with one attached hydrogen (secondary N) is 1. The highest BCUT2D eigenvalue weighted by molar-refractivity contribution is 5.99. The van der Waals surface area contributed by atoms with Crippen LogP contribution in [-0.4, -0.2) is 27.3 Å². The molecule has 3 aromatic rings. The second-order valence-electron chi connectivity index (χ2n) is 6.26. The molecule has 6 nitrogen and oxygen atoms in total. The zero-order valence-electron chi connectivity index (χ0n) is 14.9. The van der Waals surface area contributed by atoms with Gasteiger partial charge in [-0.3, -0.25) is 4.79 Å². The summed E-state index contributed by atoms with van der Waals surface area (Å²) in [6.07, 6.45) is 0.399. The van der Waals surface area contributed by atoms with Crippen LogP contribution in [0.5, 0.6) is 0 Å². The number of halogens is 1. The first-order valence-corrected chi connectivity index (χ1v) is 8.84. The Kier molecular flexibility index (Phi) is 4.68. The minimum Gasteiger partial charge on any atom is -0.374 e. The number of fused-ring (bicyclic) bond motifs is 1. The highest BCUT2D eigenvalue weighted by atomic mass is 19.1. The number of ether oxygens (including phenoxy) is 1. The summed E-state index contributed by atoms with van der Waals surface area (Å²) < 4.78 is 21.2. The van der Waals surface area contributed by atoms with Gasteiger partial charge in [0.25, 0.3) is 5.91 Å². The lowest BCUT2D eigenvalue weighted by atomic mass is 10.0. The first kappa shape index (κ1) is 17.4. The molecule has 4 rings (SSSR count). The molecule has 0 radical (unpaired) electrons. The molecule has 138 valence electrons. The molecule has 0 spiro atoms. The molecule has 1 aliphatic rings. The van der Waals surface area contributed by atoms with Crippen molar-refractivity contribution in [3.8, 4) is 5.69 Å². The zero-order valence-corrected chi connectivity index (χ0v) is 14.9. The van der Waals surface area contributed by atoms with E-state index in [1.807, 2.05) is 25.1 Å². The third-order valence-corrected chi connectivity index (χ3v) is 4.51. The fraction of sp³-hybridized carbons (Fsp3) is 0.250. The maximum Gasteiger partial charge on any atom is 0.252 e. The van der Waals surface area contributed by atoms with Gasteiger partial charge >= 0.3 is 0 Å². The quantitative estimate of drug-likeness (QED) is 0.728. The van der Waals surface area contributed by atoms with E-state index in [4.69, 9.17) is 4.74 Å². The zero-order chi connectivity index (χ0) is 18.8. The molecule has 1 aromatic heterocycles. The van der Waals surface area contributed by atoms with Gasteiger partial charge in [-0.05, 0) is 30.7 Å². The molecule has 0 saturated heterocycles. The normalized spacial score (nSPS) is 15.6. The topological polar surface area (TPSA) is 69.0 Å². The van der Waals surface area contributed by atoms with E-state index < -0.39 is 0 Å². The van der Waals surface area contributed by atoms with Crippen molar-refractivity contribution in [3.63, 3.8) is 0 Å². The molecule has 1 atom stereocenters. The van der Waals surface area contributed by atoms with Crippen molar-refractivity contribution in [2.75, 3.05) is 6.61 Å². The van der Waals surface area contributed by atoms with Crippen LogP contribution in [0.3, 0.4) is 0 Å². The van der Waals surface area contributed by atoms with Crippen molar-refractivity contribution < 1.29 is 13.9 Å². The van der Waals surface area contributed by atoms with Crippen LogP contribution in [0.1, 0.15) is 40.5 Å². The summed E-state index contributed by atoms with van der Waals surface area (Å²) in [5.41, 5.74) is 1.89. The van der Waals surface area contributed by atoms with Crippen LogP contribution < -0.4 is 5.32 Å². The number of carbonyl (C=O) groups is 1. The maximum absolute atomic E-state index is 14.3.